The van der Waals surface area contributed by atoms with Crippen molar-refractivity contribution in [3.63, 3.8) is 0 Å². The molecule has 0 radical (unpaired) electrons. The van der Waals surface area contributed by atoms with E-state index in [1.54, 1.807) is 13.1 Å². The van der Waals surface area contributed by atoms with Crippen LogP contribution in [0.5, 0.6) is 0 Å². The molecule has 0 aromatic carbocycles. The Bertz CT molecular complexity index is 401. The third-order valence-electron chi connectivity index (χ3n) is 3.26. The average Bonchev–Trinajstić information content (AvgIpc) is 2.39. The van der Waals surface area contributed by atoms with E-state index in [0.29, 0.717) is 11.7 Å². The van der Waals surface area contributed by atoms with Crippen LogP contribution in [-0.4, -0.2) is 36.6 Å². The lowest BCUT2D eigenvalue weighted by Gasteiger charge is -2.33. The van der Waals surface area contributed by atoms with E-state index in [4.69, 9.17) is 4.74 Å². The van der Waals surface area contributed by atoms with Gasteiger partial charge in [0.25, 0.3) is 0 Å². The summed E-state index contributed by atoms with van der Waals surface area (Å²) in [4.78, 5) is 17.8. The van der Waals surface area contributed by atoms with Crippen molar-refractivity contribution >= 4 is 11.6 Å². The predicted octanol–water partition coefficient (Wildman–Crippen LogP) is 2.29. The minimum Gasteiger partial charge on any atom is -0.377 e. The number of Topliss-reactive ketones (excluding diaryl/α,β-unsaturated/α-hetero) is 1. The first kappa shape index (κ1) is 13.0. The number of ether oxygens (including phenoxy) is 1. The minimum absolute atomic E-state index is 0.0555. The topological polar surface area (TPSA) is 42.4 Å². The fraction of sp³-hybridized carbons (Fsp3) is 0.571. The zero-order valence-electron chi connectivity index (χ0n) is 11.1. The van der Waals surface area contributed by atoms with Crippen LogP contribution in [0.15, 0.2) is 18.3 Å². The Morgan fingerprint density at radius 3 is 3.00 bits per heavy atom. The number of anilines is 1. The molecule has 2 rings (SSSR count). The van der Waals surface area contributed by atoms with Crippen molar-refractivity contribution in [2.24, 2.45) is 0 Å². The van der Waals surface area contributed by atoms with Gasteiger partial charge in [0.1, 0.15) is 5.82 Å². The lowest BCUT2D eigenvalue weighted by molar-refractivity contribution is 0.0525. The molecule has 0 N–H and O–H groups in total. The Balaban J connectivity index is 2.04. The monoisotopic (exact) mass is 248 g/mol. The van der Waals surface area contributed by atoms with E-state index >= 15 is 0 Å². The van der Waals surface area contributed by atoms with Gasteiger partial charge in [-0.3, -0.25) is 4.79 Å². The van der Waals surface area contributed by atoms with Gasteiger partial charge in [-0.25, -0.2) is 4.98 Å². The molecule has 1 aliphatic rings. The summed E-state index contributed by atoms with van der Waals surface area (Å²) in [5.74, 6) is 0.990. The maximum Gasteiger partial charge on any atom is 0.161 e. The van der Waals surface area contributed by atoms with Gasteiger partial charge in [0.2, 0.25) is 0 Å². The Hall–Kier alpha value is -1.42. The van der Waals surface area contributed by atoms with Crippen molar-refractivity contribution in [1.29, 1.82) is 0 Å². The third kappa shape index (κ3) is 3.07. The first-order chi connectivity index (χ1) is 8.70. The van der Waals surface area contributed by atoms with Crippen molar-refractivity contribution in [1.82, 2.24) is 4.98 Å². The lowest BCUT2D eigenvalue weighted by atomic mass is 10.1. The molecular formula is C14H20N2O2. The number of ketones is 1. The second-order valence-corrected chi connectivity index (χ2v) is 4.63. The van der Waals surface area contributed by atoms with E-state index in [9.17, 15) is 4.79 Å². The molecule has 0 aliphatic carbocycles. The second kappa shape index (κ2) is 5.96. The molecule has 4 nitrogen and oxygen atoms in total. The number of rotatable bonds is 4. The van der Waals surface area contributed by atoms with Crippen LogP contribution < -0.4 is 4.90 Å². The van der Waals surface area contributed by atoms with Crippen LogP contribution in [0, 0.1) is 0 Å². The van der Waals surface area contributed by atoms with Crippen molar-refractivity contribution in [2.45, 2.75) is 32.8 Å². The van der Waals surface area contributed by atoms with Gasteiger partial charge in [0.05, 0.1) is 6.10 Å². The lowest BCUT2D eigenvalue weighted by Crippen LogP contribution is -2.40. The van der Waals surface area contributed by atoms with Gasteiger partial charge >= 0.3 is 0 Å². The minimum atomic E-state index is 0.0555. The number of carbonyl (C=O) groups is 1. The summed E-state index contributed by atoms with van der Waals surface area (Å²) in [7, 11) is 0. The summed E-state index contributed by atoms with van der Waals surface area (Å²) in [5, 5.41) is 0. The van der Waals surface area contributed by atoms with Crippen molar-refractivity contribution < 1.29 is 9.53 Å². The first-order valence-corrected chi connectivity index (χ1v) is 6.54. The van der Waals surface area contributed by atoms with Crippen LogP contribution in [0.25, 0.3) is 0 Å². The maximum atomic E-state index is 11.2. The molecule has 1 unspecified atom stereocenters. The standard InChI is InChI=1S/C14H20N2O2/c1-3-18-13-5-4-8-16(10-13)14-7-6-12(9-15-14)11(2)17/h6-7,9,13H,3-5,8,10H2,1-2H3. The van der Waals surface area contributed by atoms with Gasteiger partial charge in [-0.15, -0.1) is 0 Å². The van der Waals surface area contributed by atoms with E-state index < -0.39 is 0 Å². The summed E-state index contributed by atoms with van der Waals surface area (Å²) in [5.41, 5.74) is 0.664. The molecule has 0 amide bonds. The van der Waals surface area contributed by atoms with Crippen LogP contribution in [0.1, 0.15) is 37.0 Å². The summed E-state index contributed by atoms with van der Waals surface area (Å²) in [6.45, 7) is 6.24. The third-order valence-corrected chi connectivity index (χ3v) is 3.26. The average molecular weight is 248 g/mol. The van der Waals surface area contributed by atoms with Crippen molar-refractivity contribution in [3.05, 3.63) is 23.9 Å². The predicted molar refractivity (Wildman–Crippen MR) is 71.1 cm³/mol. The molecule has 1 fully saturated rings. The fourth-order valence-corrected chi connectivity index (χ4v) is 2.30. The molecule has 0 saturated carbocycles. The van der Waals surface area contributed by atoms with E-state index in [1.807, 2.05) is 19.1 Å². The molecule has 1 aromatic heterocycles. The first-order valence-electron chi connectivity index (χ1n) is 6.54. The molecule has 1 atom stereocenters. The number of piperidine rings is 1. The highest BCUT2D eigenvalue weighted by Crippen LogP contribution is 2.19. The highest BCUT2D eigenvalue weighted by atomic mass is 16.5. The Morgan fingerprint density at radius 2 is 2.39 bits per heavy atom. The summed E-state index contributed by atoms with van der Waals surface area (Å²) >= 11 is 0. The number of carbonyl (C=O) groups excluding carboxylic acids is 1. The summed E-state index contributed by atoms with van der Waals surface area (Å²) in [6.07, 6.45) is 4.21. The quantitative estimate of drug-likeness (QED) is 0.767. The molecule has 18 heavy (non-hydrogen) atoms. The van der Waals surface area contributed by atoms with Gasteiger partial charge in [-0.1, -0.05) is 0 Å². The number of hydrogen-bond donors (Lipinski definition) is 0. The highest BCUT2D eigenvalue weighted by Gasteiger charge is 2.20. The number of hydrogen-bond acceptors (Lipinski definition) is 4. The van der Waals surface area contributed by atoms with Crippen LogP contribution in [-0.2, 0) is 4.74 Å². The van der Waals surface area contributed by atoms with Crippen LogP contribution in [0.2, 0.25) is 0 Å². The largest absolute Gasteiger partial charge is 0.377 e. The molecule has 1 saturated heterocycles. The molecule has 4 heteroatoms. The zero-order chi connectivity index (χ0) is 13.0. The molecule has 1 aromatic rings. The Kier molecular flexibility index (Phi) is 4.31. The van der Waals surface area contributed by atoms with Crippen LogP contribution in [0.4, 0.5) is 5.82 Å². The van der Waals surface area contributed by atoms with Gasteiger partial charge in [0.15, 0.2) is 5.78 Å². The van der Waals surface area contributed by atoms with Crippen molar-refractivity contribution in [3.8, 4) is 0 Å². The van der Waals surface area contributed by atoms with Gasteiger partial charge < -0.3 is 9.64 Å². The normalized spacial score (nSPS) is 19.9. The Morgan fingerprint density at radius 1 is 1.56 bits per heavy atom. The van der Waals surface area contributed by atoms with Crippen molar-refractivity contribution in [2.75, 3.05) is 24.6 Å². The SMILES string of the molecule is CCOC1CCCN(c2ccc(C(C)=O)cn2)C1. The van der Waals surface area contributed by atoms with E-state index in [2.05, 4.69) is 9.88 Å². The smallest absolute Gasteiger partial charge is 0.161 e. The molecule has 2 heterocycles. The van der Waals surface area contributed by atoms with Gasteiger partial charge in [-0.05, 0) is 38.8 Å². The number of nitrogens with zero attached hydrogens (tertiary/aromatic N) is 2. The van der Waals surface area contributed by atoms with Crippen LogP contribution in [0.3, 0.4) is 0 Å². The van der Waals surface area contributed by atoms with E-state index in [0.717, 1.165) is 38.4 Å². The van der Waals surface area contributed by atoms with Gasteiger partial charge in [0, 0.05) is 31.5 Å². The summed E-state index contributed by atoms with van der Waals surface area (Å²) < 4.78 is 5.67. The Labute approximate surface area is 108 Å². The number of pyridine rings is 1. The molecule has 1 aliphatic heterocycles. The molecule has 0 spiro atoms. The molecule has 0 bridgehead atoms. The van der Waals surface area contributed by atoms with Crippen LogP contribution >= 0.6 is 0 Å². The molecular weight excluding hydrogens is 228 g/mol. The van der Waals surface area contributed by atoms with E-state index in [-0.39, 0.29) is 5.78 Å². The fourth-order valence-electron chi connectivity index (χ4n) is 2.30. The maximum absolute atomic E-state index is 11.2. The highest BCUT2D eigenvalue weighted by molar-refractivity contribution is 5.93. The second-order valence-electron chi connectivity index (χ2n) is 4.63. The zero-order valence-corrected chi connectivity index (χ0v) is 11.1. The number of aromatic nitrogens is 1. The van der Waals surface area contributed by atoms with E-state index in [1.165, 1.54) is 0 Å². The van der Waals surface area contributed by atoms with Gasteiger partial charge in [-0.2, -0.15) is 0 Å². The summed E-state index contributed by atoms with van der Waals surface area (Å²) in [6, 6.07) is 3.76. The molecule has 98 valence electrons.